The van der Waals surface area contributed by atoms with Crippen LogP contribution in [0.25, 0.3) is 0 Å². The lowest BCUT2D eigenvalue weighted by Gasteiger charge is -2.32. The van der Waals surface area contributed by atoms with Gasteiger partial charge in [0.15, 0.2) is 0 Å². The summed E-state index contributed by atoms with van der Waals surface area (Å²) < 4.78 is 32.8. The summed E-state index contributed by atoms with van der Waals surface area (Å²) in [7, 11) is -3.74. The van der Waals surface area contributed by atoms with Gasteiger partial charge in [-0.15, -0.1) is 0 Å². The normalized spacial score (nSPS) is 19.9. The van der Waals surface area contributed by atoms with Gasteiger partial charge in [-0.1, -0.05) is 12.5 Å². The van der Waals surface area contributed by atoms with Crippen molar-refractivity contribution in [3.8, 4) is 0 Å². The summed E-state index contributed by atoms with van der Waals surface area (Å²) >= 11 is 0. The van der Waals surface area contributed by atoms with Crippen LogP contribution in [0.2, 0.25) is 0 Å². The van der Waals surface area contributed by atoms with E-state index in [1.807, 2.05) is 19.1 Å². The van der Waals surface area contributed by atoms with E-state index in [2.05, 4.69) is 15.2 Å². The third-order valence-electron chi connectivity index (χ3n) is 5.98. The van der Waals surface area contributed by atoms with Gasteiger partial charge in [-0.05, 0) is 43.5 Å². The fourth-order valence-corrected chi connectivity index (χ4v) is 5.70. The number of hydrogen-bond acceptors (Lipinski definition) is 8. The van der Waals surface area contributed by atoms with E-state index < -0.39 is 14.9 Å². The molecule has 33 heavy (non-hydrogen) atoms. The molecule has 0 saturated carbocycles. The molecule has 1 N–H and O–H groups in total. The van der Waals surface area contributed by atoms with E-state index in [0.717, 1.165) is 49.8 Å². The summed E-state index contributed by atoms with van der Waals surface area (Å²) in [6.07, 6.45) is 4.50. The Morgan fingerprint density at radius 2 is 1.97 bits per heavy atom. The van der Waals surface area contributed by atoms with Crippen LogP contribution in [0.4, 0.5) is 17.2 Å². The molecular formula is C22H29N5O5S. The highest BCUT2D eigenvalue weighted by Crippen LogP contribution is 2.30. The van der Waals surface area contributed by atoms with Crippen LogP contribution >= 0.6 is 0 Å². The van der Waals surface area contributed by atoms with E-state index in [1.165, 1.54) is 16.4 Å². The molecule has 0 spiro atoms. The number of nitro benzene ring substituents is 1. The highest BCUT2D eigenvalue weighted by Gasteiger charge is 2.28. The minimum Gasteiger partial charge on any atom is -0.375 e. The molecule has 1 aromatic carbocycles. The Kier molecular flexibility index (Phi) is 7.11. The smallest absolute Gasteiger partial charge is 0.293 e. The third kappa shape index (κ3) is 5.43. The van der Waals surface area contributed by atoms with Crippen molar-refractivity contribution >= 4 is 27.2 Å². The fourth-order valence-electron chi connectivity index (χ4n) is 4.16. The lowest BCUT2D eigenvalue weighted by Crippen LogP contribution is -2.41. The van der Waals surface area contributed by atoms with Crippen LogP contribution in [0.15, 0.2) is 41.4 Å². The maximum Gasteiger partial charge on any atom is 0.293 e. The van der Waals surface area contributed by atoms with E-state index >= 15 is 0 Å². The van der Waals surface area contributed by atoms with Gasteiger partial charge in [0.05, 0.1) is 22.5 Å². The van der Waals surface area contributed by atoms with Crippen molar-refractivity contribution in [1.29, 1.82) is 0 Å². The zero-order valence-corrected chi connectivity index (χ0v) is 19.5. The molecule has 1 unspecified atom stereocenters. The second kappa shape index (κ2) is 10.0. The number of benzene rings is 1. The molecule has 10 nitrogen and oxygen atoms in total. The first-order chi connectivity index (χ1) is 15.8. The number of nitrogens with one attached hydrogen (secondary N) is 1. The molecule has 0 amide bonds. The summed E-state index contributed by atoms with van der Waals surface area (Å²) in [5.74, 6) is 0.868. The molecule has 2 aliphatic rings. The van der Waals surface area contributed by atoms with Crippen molar-refractivity contribution in [3.63, 3.8) is 0 Å². The summed E-state index contributed by atoms with van der Waals surface area (Å²) in [5.41, 5.74) is 0.864. The third-order valence-corrected chi connectivity index (χ3v) is 7.87. The Hall–Kier alpha value is -2.76. The highest BCUT2D eigenvalue weighted by atomic mass is 32.2. The first kappa shape index (κ1) is 23.4. The molecule has 1 atom stereocenters. The van der Waals surface area contributed by atoms with Gasteiger partial charge in [-0.25, -0.2) is 13.4 Å². The maximum absolute atomic E-state index is 12.9. The van der Waals surface area contributed by atoms with Gasteiger partial charge in [0.2, 0.25) is 10.0 Å². The van der Waals surface area contributed by atoms with Crippen molar-refractivity contribution in [1.82, 2.24) is 9.29 Å². The molecule has 2 aliphatic heterocycles. The van der Waals surface area contributed by atoms with Crippen LogP contribution in [-0.4, -0.2) is 61.5 Å². The van der Waals surface area contributed by atoms with Crippen molar-refractivity contribution in [2.75, 3.05) is 43.0 Å². The molecule has 1 aromatic heterocycles. The summed E-state index contributed by atoms with van der Waals surface area (Å²) in [6.45, 7) is 5.48. The number of morpholine rings is 1. The van der Waals surface area contributed by atoms with Gasteiger partial charge in [0.25, 0.3) is 5.69 Å². The lowest BCUT2D eigenvalue weighted by atomic mass is 10.2. The zero-order chi connectivity index (χ0) is 23.4. The average Bonchev–Trinajstić information content (AvgIpc) is 2.83. The first-order valence-electron chi connectivity index (χ1n) is 11.2. The predicted molar refractivity (Wildman–Crippen MR) is 125 cm³/mol. The molecule has 4 rings (SSSR count). The molecule has 0 aliphatic carbocycles. The molecule has 178 valence electrons. The van der Waals surface area contributed by atoms with Gasteiger partial charge in [0, 0.05) is 45.0 Å². The maximum atomic E-state index is 12.9. The fraction of sp³-hybridized carbons (Fsp3) is 0.500. The molecule has 2 aromatic rings. The molecule has 0 bridgehead atoms. The molecule has 0 radical (unpaired) electrons. The monoisotopic (exact) mass is 475 g/mol. The number of pyridine rings is 1. The van der Waals surface area contributed by atoms with Gasteiger partial charge in [-0.2, -0.15) is 4.31 Å². The minimum atomic E-state index is -3.74. The number of aromatic nitrogens is 1. The van der Waals surface area contributed by atoms with Gasteiger partial charge in [-0.3, -0.25) is 10.1 Å². The number of nitro groups is 1. The van der Waals surface area contributed by atoms with Crippen LogP contribution in [0.5, 0.6) is 0 Å². The van der Waals surface area contributed by atoms with Crippen molar-refractivity contribution in [2.24, 2.45) is 0 Å². The number of piperidine rings is 1. The molecule has 3 heterocycles. The van der Waals surface area contributed by atoms with E-state index in [-0.39, 0.29) is 22.4 Å². The van der Waals surface area contributed by atoms with Crippen LogP contribution in [0.1, 0.15) is 31.7 Å². The quantitative estimate of drug-likeness (QED) is 0.480. The van der Waals surface area contributed by atoms with Crippen LogP contribution in [0, 0.1) is 10.1 Å². The van der Waals surface area contributed by atoms with Crippen LogP contribution in [-0.2, 0) is 21.3 Å². The second-order valence-corrected chi connectivity index (χ2v) is 10.3. The van der Waals surface area contributed by atoms with Gasteiger partial charge < -0.3 is 15.0 Å². The highest BCUT2D eigenvalue weighted by molar-refractivity contribution is 7.89. The average molecular weight is 476 g/mol. The molecular weight excluding hydrogens is 446 g/mol. The first-order valence-corrected chi connectivity index (χ1v) is 12.6. The lowest BCUT2D eigenvalue weighted by molar-refractivity contribution is -0.384. The van der Waals surface area contributed by atoms with Crippen LogP contribution < -0.4 is 10.2 Å². The number of rotatable bonds is 7. The predicted octanol–water partition coefficient (Wildman–Crippen LogP) is 3.00. The minimum absolute atomic E-state index is 0.0487. The SMILES string of the molecule is CC1CN(c2ccc(CNc3ccc(S(=O)(=O)N4CCCCC4)cc3[N+](=O)[O-])cn2)CCO1. The Bertz CT molecular complexity index is 1090. The van der Waals surface area contributed by atoms with Crippen molar-refractivity contribution in [3.05, 3.63) is 52.2 Å². The summed E-state index contributed by atoms with van der Waals surface area (Å²) in [6, 6.07) is 7.90. The summed E-state index contributed by atoms with van der Waals surface area (Å²) in [5, 5.41) is 14.7. The standard InChI is InChI=1S/C22H29N5O5S/c1-17-16-25(11-12-32-17)22-8-5-18(15-24-22)14-23-20-7-6-19(13-21(20)27(28)29)33(30,31)26-9-3-2-4-10-26/h5-8,13,15,17,23H,2-4,9-12,14,16H2,1H3. The molecule has 2 saturated heterocycles. The number of anilines is 2. The van der Waals surface area contributed by atoms with E-state index in [0.29, 0.717) is 26.2 Å². The Morgan fingerprint density at radius 3 is 2.64 bits per heavy atom. The zero-order valence-electron chi connectivity index (χ0n) is 18.6. The molecule has 2 fully saturated rings. The Balaban J connectivity index is 1.46. The van der Waals surface area contributed by atoms with Gasteiger partial charge in [0.1, 0.15) is 11.5 Å². The number of nitrogens with zero attached hydrogens (tertiary/aromatic N) is 4. The van der Waals surface area contributed by atoms with E-state index in [1.54, 1.807) is 6.20 Å². The number of hydrogen-bond donors (Lipinski definition) is 1. The Labute approximate surface area is 193 Å². The topological polar surface area (TPSA) is 118 Å². The van der Waals surface area contributed by atoms with Crippen molar-refractivity contribution < 1.29 is 18.1 Å². The van der Waals surface area contributed by atoms with Gasteiger partial charge >= 0.3 is 0 Å². The molecule has 11 heteroatoms. The Morgan fingerprint density at radius 1 is 1.18 bits per heavy atom. The van der Waals surface area contributed by atoms with E-state index in [4.69, 9.17) is 4.74 Å². The van der Waals surface area contributed by atoms with E-state index in [9.17, 15) is 18.5 Å². The van der Waals surface area contributed by atoms with Crippen LogP contribution in [0.3, 0.4) is 0 Å². The summed E-state index contributed by atoms with van der Waals surface area (Å²) in [4.78, 5) is 17.7. The largest absolute Gasteiger partial charge is 0.375 e. The number of sulfonamides is 1. The number of ether oxygens (including phenoxy) is 1. The second-order valence-electron chi connectivity index (χ2n) is 8.41. The van der Waals surface area contributed by atoms with Crippen molar-refractivity contribution in [2.45, 2.75) is 43.7 Å².